The van der Waals surface area contributed by atoms with Gasteiger partial charge in [0, 0.05) is 46.4 Å². The summed E-state index contributed by atoms with van der Waals surface area (Å²) in [5.74, 6) is 1.59. The highest BCUT2D eigenvalue weighted by molar-refractivity contribution is 7.79. The molecular weight excluding hydrogens is 388 g/mol. The van der Waals surface area contributed by atoms with Crippen molar-refractivity contribution >= 4 is 27.8 Å². The number of H-pyrrole nitrogens is 1. The summed E-state index contributed by atoms with van der Waals surface area (Å²) in [6.07, 6.45) is 3.58. The molecule has 1 unspecified atom stereocenters. The van der Waals surface area contributed by atoms with Gasteiger partial charge in [-0.25, -0.2) is 9.97 Å². The second-order valence-electron chi connectivity index (χ2n) is 8.03. The van der Waals surface area contributed by atoms with Gasteiger partial charge in [0.2, 0.25) is 0 Å². The van der Waals surface area contributed by atoms with Crippen molar-refractivity contribution in [3.05, 3.63) is 42.2 Å². The van der Waals surface area contributed by atoms with Crippen molar-refractivity contribution in [2.75, 3.05) is 30.4 Å². The Morgan fingerprint density at radius 2 is 2.21 bits per heavy atom. The maximum atomic E-state index is 11.5. The maximum Gasteiger partial charge on any atom is 0.162 e. The zero-order valence-electron chi connectivity index (χ0n) is 16.3. The number of nitrogens with zero attached hydrogens (tertiary/aromatic N) is 3. The van der Waals surface area contributed by atoms with Crippen molar-refractivity contribution in [2.24, 2.45) is 0 Å². The molecule has 2 atom stereocenters. The molecule has 1 aliphatic heterocycles. The van der Waals surface area contributed by atoms with Crippen molar-refractivity contribution in [1.82, 2.24) is 15.0 Å². The highest BCUT2D eigenvalue weighted by atomic mass is 32.2. The Labute approximate surface area is 171 Å². The summed E-state index contributed by atoms with van der Waals surface area (Å²) in [7, 11) is 0. The monoisotopic (exact) mass is 411 g/mol. The molecule has 7 nitrogen and oxygen atoms in total. The van der Waals surface area contributed by atoms with Crippen LogP contribution < -0.4 is 4.90 Å². The SMILES string of the molecule is C[C@@H]1COCCN1c1cc(C2(CS(=O)[O-])CC2)nc(-c2cccc3[nH]ccc23)n1. The molecular formula is C21H23N4O3S-. The van der Waals surface area contributed by atoms with Gasteiger partial charge in [-0.15, -0.1) is 0 Å². The van der Waals surface area contributed by atoms with Gasteiger partial charge in [-0.2, -0.15) is 0 Å². The van der Waals surface area contributed by atoms with Crippen molar-refractivity contribution in [3.8, 4) is 11.4 Å². The highest BCUT2D eigenvalue weighted by Crippen LogP contribution is 2.49. The van der Waals surface area contributed by atoms with Crippen molar-refractivity contribution < 1.29 is 13.5 Å². The first kappa shape index (κ1) is 18.7. The van der Waals surface area contributed by atoms with Crippen LogP contribution in [-0.4, -0.2) is 55.3 Å². The summed E-state index contributed by atoms with van der Waals surface area (Å²) in [6, 6.07) is 10.2. The molecule has 2 fully saturated rings. The molecule has 1 saturated carbocycles. The topological polar surface area (TPSA) is 94.2 Å². The molecule has 0 spiro atoms. The van der Waals surface area contributed by atoms with Crippen LogP contribution in [0.3, 0.4) is 0 Å². The molecule has 1 saturated heterocycles. The number of hydrogen-bond acceptors (Lipinski definition) is 6. The number of fused-ring (bicyclic) bond motifs is 1. The quantitative estimate of drug-likeness (QED) is 0.649. The van der Waals surface area contributed by atoms with Crippen LogP contribution in [0, 0.1) is 0 Å². The average Bonchev–Trinajstić information content (AvgIpc) is 3.32. The smallest absolute Gasteiger partial charge is 0.162 e. The number of rotatable bonds is 5. The minimum absolute atomic E-state index is 0.107. The van der Waals surface area contributed by atoms with Crippen LogP contribution in [-0.2, 0) is 21.2 Å². The molecule has 29 heavy (non-hydrogen) atoms. The molecule has 3 aromatic rings. The highest BCUT2D eigenvalue weighted by Gasteiger charge is 2.46. The standard InChI is InChI=1S/C21H24N4O3S/c1-14-12-28-10-9-25(14)19-11-18(21(6-7-21)13-29(26)27)23-20(24-19)16-3-2-4-17-15(16)5-8-22-17/h2-5,8,11,14,22H,6-7,9-10,12-13H2,1H3,(H,26,27)/p-1/t14-/m1/s1. The van der Waals surface area contributed by atoms with Gasteiger partial charge in [0.1, 0.15) is 5.82 Å². The summed E-state index contributed by atoms with van der Waals surface area (Å²) in [6.45, 7) is 4.18. The van der Waals surface area contributed by atoms with E-state index in [-0.39, 0.29) is 17.2 Å². The molecule has 1 aromatic carbocycles. The lowest BCUT2D eigenvalue weighted by Crippen LogP contribution is -2.44. The van der Waals surface area contributed by atoms with E-state index in [0.717, 1.165) is 47.4 Å². The third kappa shape index (κ3) is 3.45. The first-order valence-corrected chi connectivity index (χ1v) is 11.2. The van der Waals surface area contributed by atoms with E-state index in [4.69, 9.17) is 14.7 Å². The van der Waals surface area contributed by atoms with Gasteiger partial charge in [0.25, 0.3) is 0 Å². The van der Waals surface area contributed by atoms with Crippen LogP contribution in [0.2, 0.25) is 0 Å². The normalized spacial score (nSPS) is 22.0. The van der Waals surface area contributed by atoms with E-state index in [1.54, 1.807) is 0 Å². The Balaban J connectivity index is 1.66. The number of aromatic nitrogens is 3. The van der Waals surface area contributed by atoms with E-state index in [2.05, 4.69) is 16.8 Å². The Morgan fingerprint density at radius 1 is 1.34 bits per heavy atom. The lowest BCUT2D eigenvalue weighted by Gasteiger charge is -2.35. The lowest BCUT2D eigenvalue weighted by atomic mass is 10.0. The van der Waals surface area contributed by atoms with E-state index >= 15 is 0 Å². The Bertz CT molecular complexity index is 1080. The van der Waals surface area contributed by atoms with Crippen molar-refractivity contribution in [1.29, 1.82) is 0 Å². The molecule has 152 valence electrons. The minimum Gasteiger partial charge on any atom is -0.772 e. The third-order valence-corrected chi connectivity index (χ3v) is 6.79. The number of ether oxygens (including phenoxy) is 1. The fourth-order valence-corrected chi connectivity index (χ4v) is 5.06. The molecule has 1 N–H and O–H groups in total. The van der Waals surface area contributed by atoms with Gasteiger partial charge < -0.3 is 19.2 Å². The van der Waals surface area contributed by atoms with Gasteiger partial charge in [0.05, 0.1) is 24.9 Å². The zero-order chi connectivity index (χ0) is 20.0. The van der Waals surface area contributed by atoms with Crippen molar-refractivity contribution in [2.45, 2.75) is 31.2 Å². The minimum atomic E-state index is -2.11. The molecule has 2 aliphatic rings. The van der Waals surface area contributed by atoms with E-state index in [1.165, 1.54) is 0 Å². The van der Waals surface area contributed by atoms with Gasteiger partial charge in [-0.05, 0) is 31.9 Å². The molecule has 1 aliphatic carbocycles. The summed E-state index contributed by atoms with van der Waals surface area (Å²) >= 11 is -2.11. The number of anilines is 1. The molecule has 0 amide bonds. The molecule has 3 heterocycles. The zero-order valence-corrected chi connectivity index (χ0v) is 17.1. The van der Waals surface area contributed by atoms with Crippen LogP contribution in [0.1, 0.15) is 25.5 Å². The number of aromatic amines is 1. The number of nitrogens with one attached hydrogen (secondary N) is 1. The molecule has 2 aromatic heterocycles. The van der Waals surface area contributed by atoms with E-state index in [9.17, 15) is 8.76 Å². The van der Waals surface area contributed by atoms with E-state index < -0.39 is 11.1 Å². The Hall–Kier alpha value is -2.29. The first-order chi connectivity index (χ1) is 14.1. The fraction of sp³-hybridized carbons (Fsp3) is 0.429. The summed E-state index contributed by atoms with van der Waals surface area (Å²) in [5, 5.41) is 1.06. The predicted octanol–water partition coefficient (Wildman–Crippen LogP) is 2.76. The van der Waals surface area contributed by atoms with Crippen LogP contribution in [0.4, 0.5) is 5.82 Å². The number of benzene rings is 1. The Morgan fingerprint density at radius 3 is 2.97 bits per heavy atom. The second-order valence-corrected chi connectivity index (χ2v) is 8.92. The Kier molecular flexibility index (Phi) is 4.64. The third-order valence-electron chi connectivity index (χ3n) is 6.00. The maximum absolute atomic E-state index is 11.5. The van der Waals surface area contributed by atoms with Gasteiger partial charge in [-0.3, -0.25) is 4.21 Å². The molecule has 0 bridgehead atoms. The first-order valence-electron chi connectivity index (χ1n) is 9.92. The summed E-state index contributed by atoms with van der Waals surface area (Å²) in [4.78, 5) is 15.3. The van der Waals surface area contributed by atoms with Gasteiger partial charge in [0.15, 0.2) is 5.82 Å². The molecule has 0 radical (unpaired) electrons. The predicted molar refractivity (Wildman–Crippen MR) is 112 cm³/mol. The van der Waals surface area contributed by atoms with Crippen LogP contribution in [0.15, 0.2) is 36.5 Å². The summed E-state index contributed by atoms with van der Waals surface area (Å²) in [5.41, 5.74) is 2.42. The molecule has 5 rings (SSSR count). The fourth-order valence-electron chi connectivity index (χ4n) is 4.17. The van der Waals surface area contributed by atoms with Gasteiger partial charge in [-0.1, -0.05) is 23.2 Å². The largest absolute Gasteiger partial charge is 0.772 e. The van der Waals surface area contributed by atoms with E-state index in [0.29, 0.717) is 19.0 Å². The average molecular weight is 412 g/mol. The lowest BCUT2D eigenvalue weighted by molar-refractivity contribution is 0.0985. The van der Waals surface area contributed by atoms with E-state index in [1.807, 2.05) is 36.5 Å². The van der Waals surface area contributed by atoms with Gasteiger partial charge >= 0.3 is 0 Å². The molecule has 8 heteroatoms. The number of morpholine rings is 1. The number of hydrogen-bond donors (Lipinski definition) is 1. The van der Waals surface area contributed by atoms with Crippen molar-refractivity contribution in [3.63, 3.8) is 0 Å². The van der Waals surface area contributed by atoms with Crippen LogP contribution in [0.5, 0.6) is 0 Å². The van der Waals surface area contributed by atoms with Crippen LogP contribution in [0.25, 0.3) is 22.3 Å². The second kappa shape index (κ2) is 7.19. The summed E-state index contributed by atoms with van der Waals surface area (Å²) < 4.78 is 28.6. The van der Waals surface area contributed by atoms with Crippen LogP contribution >= 0.6 is 0 Å².